The van der Waals surface area contributed by atoms with Crippen molar-refractivity contribution in [1.82, 2.24) is 10.3 Å². The number of hydrogen-bond donors (Lipinski definition) is 1. The Balaban J connectivity index is 2.35. The zero-order valence-corrected chi connectivity index (χ0v) is 19.3. The van der Waals surface area contributed by atoms with Crippen molar-refractivity contribution in [3.63, 3.8) is 0 Å². The van der Waals surface area contributed by atoms with E-state index in [2.05, 4.69) is 10.3 Å². The highest BCUT2D eigenvalue weighted by atomic mass is 19.2. The first kappa shape index (κ1) is 24.4. The maximum Gasteiger partial charge on any atom is 0.336 e. The Morgan fingerprint density at radius 1 is 1.18 bits per heavy atom. The minimum absolute atomic E-state index is 0.0421. The lowest BCUT2D eigenvalue weighted by Crippen LogP contribution is -2.56. The number of aromatic nitrogens is 1. The van der Waals surface area contributed by atoms with Crippen LogP contribution in [0.1, 0.15) is 51.8 Å². The number of nitrogens with zero attached hydrogens (tertiary/aromatic N) is 1. The van der Waals surface area contributed by atoms with Crippen molar-refractivity contribution >= 4 is 11.9 Å². The number of rotatable bonds is 6. The van der Waals surface area contributed by atoms with Gasteiger partial charge in [0.15, 0.2) is 11.6 Å². The minimum Gasteiger partial charge on any atom is -0.463 e. The van der Waals surface area contributed by atoms with Crippen LogP contribution in [0.5, 0.6) is 0 Å². The number of ether oxygens (including phenoxy) is 2. The van der Waals surface area contributed by atoms with E-state index < -0.39 is 47.1 Å². The number of carbonyl (C=O) groups excluding carboxylic acids is 2. The molecule has 33 heavy (non-hydrogen) atoms. The Morgan fingerprint density at radius 3 is 2.52 bits per heavy atom. The molecular formula is C25H28F2N2O4. The van der Waals surface area contributed by atoms with Crippen LogP contribution in [0.3, 0.4) is 0 Å². The standard InChI is InChI=1S/C25H28F2N2O4/c1-6-32-23(30)19-15(4)29-25(5,18-12-7-8-13-28-18)21(24(31)33-14(2)3)20(19)16-10-9-11-17(26)22(16)27/h7-14,20-21,29H,6H2,1-5H3. The zero-order chi connectivity index (χ0) is 24.3. The summed E-state index contributed by atoms with van der Waals surface area (Å²) in [5, 5.41) is 3.24. The molecule has 1 N–H and O–H groups in total. The summed E-state index contributed by atoms with van der Waals surface area (Å²) in [6.45, 7) is 8.48. The predicted molar refractivity (Wildman–Crippen MR) is 118 cm³/mol. The Hall–Kier alpha value is -3.29. The zero-order valence-electron chi connectivity index (χ0n) is 19.3. The van der Waals surface area contributed by atoms with E-state index in [1.54, 1.807) is 59.0 Å². The van der Waals surface area contributed by atoms with Crippen molar-refractivity contribution in [2.75, 3.05) is 6.61 Å². The molecule has 1 aromatic carbocycles. The van der Waals surface area contributed by atoms with E-state index in [4.69, 9.17) is 9.47 Å². The first-order chi connectivity index (χ1) is 15.6. The molecule has 0 fully saturated rings. The van der Waals surface area contributed by atoms with E-state index in [1.807, 2.05) is 0 Å². The van der Waals surface area contributed by atoms with E-state index in [-0.39, 0.29) is 17.7 Å². The van der Waals surface area contributed by atoms with Gasteiger partial charge in [0.05, 0.1) is 35.4 Å². The highest BCUT2D eigenvalue weighted by Crippen LogP contribution is 2.49. The number of halogens is 2. The van der Waals surface area contributed by atoms with Crippen molar-refractivity contribution < 1.29 is 27.8 Å². The molecule has 0 spiro atoms. The molecule has 0 radical (unpaired) electrons. The summed E-state index contributed by atoms with van der Waals surface area (Å²) in [6.07, 6.45) is 1.10. The smallest absolute Gasteiger partial charge is 0.336 e. The third-order valence-electron chi connectivity index (χ3n) is 5.73. The first-order valence-electron chi connectivity index (χ1n) is 10.8. The number of esters is 2. The summed E-state index contributed by atoms with van der Waals surface area (Å²) in [6, 6.07) is 8.92. The van der Waals surface area contributed by atoms with Gasteiger partial charge in [-0.2, -0.15) is 0 Å². The topological polar surface area (TPSA) is 77.5 Å². The molecule has 3 atom stereocenters. The average molecular weight is 459 g/mol. The van der Waals surface area contributed by atoms with E-state index >= 15 is 4.39 Å². The molecule has 2 aromatic rings. The molecule has 0 aliphatic carbocycles. The quantitative estimate of drug-likeness (QED) is 0.648. The number of allylic oxidation sites excluding steroid dienone is 1. The lowest BCUT2D eigenvalue weighted by Gasteiger charge is -2.46. The van der Waals surface area contributed by atoms with Gasteiger partial charge in [0.2, 0.25) is 0 Å². The molecule has 176 valence electrons. The van der Waals surface area contributed by atoms with Gasteiger partial charge < -0.3 is 14.8 Å². The maximum atomic E-state index is 15.2. The third-order valence-corrected chi connectivity index (χ3v) is 5.73. The number of hydrogen-bond acceptors (Lipinski definition) is 6. The molecule has 3 unspecified atom stereocenters. The lowest BCUT2D eigenvalue weighted by atomic mass is 9.66. The van der Waals surface area contributed by atoms with Gasteiger partial charge in [-0.1, -0.05) is 18.2 Å². The molecule has 1 aliphatic rings. The highest BCUT2D eigenvalue weighted by Gasteiger charge is 2.54. The van der Waals surface area contributed by atoms with Crippen LogP contribution in [-0.4, -0.2) is 29.6 Å². The van der Waals surface area contributed by atoms with Gasteiger partial charge in [-0.05, 0) is 58.4 Å². The van der Waals surface area contributed by atoms with Crippen LogP contribution in [0.2, 0.25) is 0 Å². The van der Waals surface area contributed by atoms with E-state index in [0.717, 1.165) is 6.07 Å². The number of pyridine rings is 1. The van der Waals surface area contributed by atoms with Crippen LogP contribution in [0.25, 0.3) is 0 Å². The Bertz CT molecular complexity index is 1070. The summed E-state index contributed by atoms with van der Waals surface area (Å²) >= 11 is 0. The second kappa shape index (κ2) is 9.68. The summed E-state index contributed by atoms with van der Waals surface area (Å²) in [5.41, 5.74) is -0.424. The van der Waals surface area contributed by atoms with Crippen molar-refractivity contribution in [3.05, 3.63) is 76.8 Å². The molecule has 0 amide bonds. The van der Waals surface area contributed by atoms with Crippen LogP contribution >= 0.6 is 0 Å². The number of carbonyl (C=O) groups is 2. The summed E-state index contributed by atoms with van der Waals surface area (Å²) in [7, 11) is 0. The van der Waals surface area contributed by atoms with E-state index in [1.165, 1.54) is 12.1 Å². The van der Waals surface area contributed by atoms with Crippen LogP contribution in [0, 0.1) is 17.6 Å². The van der Waals surface area contributed by atoms with Gasteiger partial charge in [-0.15, -0.1) is 0 Å². The van der Waals surface area contributed by atoms with Crippen LogP contribution in [0.15, 0.2) is 53.9 Å². The van der Waals surface area contributed by atoms with Gasteiger partial charge in [-0.3, -0.25) is 9.78 Å². The molecule has 8 heteroatoms. The maximum absolute atomic E-state index is 15.2. The molecular weight excluding hydrogens is 430 g/mol. The Kier molecular flexibility index (Phi) is 7.15. The van der Waals surface area contributed by atoms with E-state index in [0.29, 0.717) is 11.4 Å². The van der Waals surface area contributed by atoms with Gasteiger partial charge in [0.25, 0.3) is 0 Å². The summed E-state index contributed by atoms with van der Waals surface area (Å²) in [4.78, 5) is 31.0. The average Bonchev–Trinajstić information content (AvgIpc) is 2.75. The molecule has 0 saturated heterocycles. The monoisotopic (exact) mass is 458 g/mol. The van der Waals surface area contributed by atoms with Crippen molar-refractivity contribution in [2.45, 2.75) is 52.2 Å². The fraction of sp³-hybridized carbons (Fsp3) is 0.400. The first-order valence-corrected chi connectivity index (χ1v) is 10.8. The molecule has 6 nitrogen and oxygen atoms in total. The minimum atomic E-state index is -1.20. The largest absolute Gasteiger partial charge is 0.463 e. The Labute approximate surface area is 192 Å². The molecule has 1 aliphatic heterocycles. The summed E-state index contributed by atoms with van der Waals surface area (Å²) in [5.74, 6) is -5.95. The van der Waals surface area contributed by atoms with Crippen molar-refractivity contribution in [3.8, 4) is 0 Å². The van der Waals surface area contributed by atoms with Crippen LogP contribution < -0.4 is 5.32 Å². The normalized spacial score (nSPS) is 22.7. The molecule has 3 rings (SSSR count). The third kappa shape index (κ3) is 4.60. The molecule has 2 heterocycles. The van der Waals surface area contributed by atoms with Crippen molar-refractivity contribution in [2.24, 2.45) is 5.92 Å². The van der Waals surface area contributed by atoms with E-state index in [9.17, 15) is 14.0 Å². The predicted octanol–water partition coefficient (Wildman–Crippen LogP) is 4.37. The second-order valence-corrected chi connectivity index (χ2v) is 8.39. The highest BCUT2D eigenvalue weighted by molar-refractivity contribution is 5.93. The SMILES string of the molecule is CCOC(=O)C1=C(C)NC(C)(c2ccccn2)C(C(=O)OC(C)C)C1c1cccc(F)c1F. The molecule has 1 aromatic heterocycles. The molecule has 0 bridgehead atoms. The number of nitrogens with one attached hydrogen (secondary N) is 1. The van der Waals surface area contributed by atoms with Gasteiger partial charge in [-0.25, -0.2) is 13.6 Å². The molecule has 0 saturated carbocycles. The van der Waals surface area contributed by atoms with Crippen molar-refractivity contribution in [1.29, 1.82) is 0 Å². The summed E-state index contributed by atoms with van der Waals surface area (Å²) < 4.78 is 40.3. The fourth-order valence-electron chi connectivity index (χ4n) is 4.42. The van der Waals surface area contributed by atoms with Crippen LogP contribution in [-0.2, 0) is 24.6 Å². The lowest BCUT2D eigenvalue weighted by molar-refractivity contribution is -0.157. The van der Waals surface area contributed by atoms with Gasteiger partial charge >= 0.3 is 11.9 Å². The Morgan fingerprint density at radius 2 is 1.91 bits per heavy atom. The second-order valence-electron chi connectivity index (χ2n) is 8.39. The van der Waals surface area contributed by atoms with Gasteiger partial charge in [0.1, 0.15) is 0 Å². The fourth-order valence-corrected chi connectivity index (χ4v) is 4.42. The number of benzene rings is 1. The van der Waals surface area contributed by atoms with Crippen LogP contribution in [0.4, 0.5) is 8.78 Å². The van der Waals surface area contributed by atoms with Gasteiger partial charge in [0, 0.05) is 17.8 Å².